The molecule has 0 bridgehead atoms. The predicted molar refractivity (Wildman–Crippen MR) is 88.8 cm³/mol. The van der Waals surface area contributed by atoms with Crippen LogP contribution in [0.5, 0.6) is 0 Å². The molecular weight excluding hydrogens is 312 g/mol. The Bertz CT molecular complexity index is 869. The number of aromatic amines is 1. The Kier molecular flexibility index (Phi) is 4.12. The van der Waals surface area contributed by atoms with Crippen molar-refractivity contribution in [3.05, 3.63) is 63.6 Å². The number of sulfonamides is 1. The molecular formula is C17H20N2O3S. The molecule has 1 atom stereocenters. The third-order valence-corrected chi connectivity index (χ3v) is 6.25. The molecule has 1 N–H and O–H groups in total. The van der Waals surface area contributed by atoms with Crippen molar-refractivity contribution < 1.29 is 8.42 Å². The summed E-state index contributed by atoms with van der Waals surface area (Å²) in [4.78, 5) is 14.5. The molecule has 23 heavy (non-hydrogen) atoms. The monoisotopic (exact) mass is 332 g/mol. The van der Waals surface area contributed by atoms with Crippen molar-refractivity contribution in [3.8, 4) is 0 Å². The van der Waals surface area contributed by atoms with E-state index in [1.54, 1.807) is 35.6 Å². The molecule has 5 nitrogen and oxygen atoms in total. The number of rotatable bonds is 3. The van der Waals surface area contributed by atoms with Crippen LogP contribution in [-0.4, -0.2) is 24.3 Å². The zero-order valence-electron chi connectivity index (χ0n) is 13.2. The average Bonchev–Trinajstić information content (AvgIpc) is 3.01. The highest BCUT2D eigenvalue weighted by molar-refractivity contribution is 7.89. The van der Waals surface area contributed by atoms with Crippen molar-refractivity contribution in [1.82, 2.24) is 9.29 Å². The van der Waals surface area contributed by atoms with Gasteiger partial charge in [-0.15, -0.1) is 0 Å². The van der Waals surface area contributed by atoms with Crippen LogP contribution in [0, 0.1) is 13.8 Å². The number of hydrogen-bond donors (Lipinski definition) is 1. The number of H-pyrrole nitrogens is 1. The van der Waals surface area contributed by atoms with E-state index >= 15 is 0 Å². The highest BCUT2D eigenvalue weighted by Gasteiger charge is 2.36. The van der Waals surface area contributed by atoms with Crippen LogP contribution in [0.2, 0.25) is 0 Å². The van der Waals surface area contributed by atoms with Crippen molar-refractivity contribution in [2.45, 2.75) is 37.6 Å². The van der Waals surface area contributed by atoms with E-state index in [9.17, 15) is 13.2 Å². The summed E-state index contributed by atoms with van der Waals surface area (Å²) in [6.45, 7) is 4.16. The zero-order valence-corrected chi connectivity index (χ0v) is 14.1. The van der Waals surface area contributed by atoms with E-state index in [-0.39, 0.29) is 11.6 Å². The predicted octanol–water partition coefficient (Wildman–Crippen LogP) is 2.52. The Labute approximate surface area is 136 Å². The summed E-state index contributed by atoms with van der Waals surface area (Å²) in [5, 5.41) is 0. The zero-order chi connectivity index (χ0) is 16.6. The lowest BCUT2D eigenvalue weighted by Crippen LogP contribution is -2.31. The van der Waals surface area contributed by atoms with E-state index in [4.69, 9.17) is 0 Å². The lowest BCUT2D eigenvalue weighted by molar-refractivity contribution is 0.396. The van der Waals surface area contributed by atoms with Gasteiger partial charge in [0, 0.05) is 18.3 Å². The molecule has 1 aromatic carbocycles. The molecule has 1 aliphatic rings. The smallest absolute Gasteiger partial charge is 0.250 e. The first-order valence-corrected chi connectivity index (χ1v) is 9.11. The molecule has 6 heteroatoms. The van der Waals surface area contributed by atoms with Gasteiger partial charge in [0.15, 0.2) is 0 Å². The summed E-state index contributed by atoms with van der Waals surface area (Å²) in [6.07, 6.45) is 3.20. The van der Waals surface area contributed by atoms with E-state index in [2.05, 4.69) is 4.98 Å². The van der Waals surface area contributed by atoms with Crippen LogP contribution in [-0.2, 0) is 10.0 Å². The molecule has 1 aromatic heterocycles. The topological polar surface area (TPSA) is 70.2 Å². The normalized spacial score (nSPS) is 19.1. The molecule has 1 saturated heterocycles. The van der Waals surface area contributed by atoms with Gasteiger partial charge < -0.3 is 4.98 Å². The fourth-order valence-electron chi connectivity index (χ4n) is 3.02. The molecule has 2 heterocycles. The molecule has 0 spiro atoms. The molecule has 2 aromatic rings. The maximum absolute atomic E-state index is 12.9. The summed E-state index contributed by atoms with van der Waals surface area (Å²) in [6, 6.07) is 8.48. The van der Waals surface area contributed by atoms with Gasteiger partial charge in [-0.05, 0) is 50.5 Å². The number of nitrogens with one attached hydrogen (secondary N) is 1. The summed E-state index contributed by atoms with van der Waals surface area (Å²) < 4.78 is 27.4. The Morgan fingerprint density at radius 2 is 1.87 bits per heavy atom. The van der Waals surface area contributed by atoms with Gasteiger partial charge in [0.2, 0.25) is 10.0 Å². The first-order chi connectivity index (χ1) is 10.9. The van der Waals surface area contributed by atoms with Gasteiger partial charge >= 0.3 is 0 Å². The van der Waals surface area contributed by atoms with Crippen LogP contribution in [0.15, 0.2) is 46.2 Å². The van der Waals surface area contributed by atoms with Crippen LogP contribution < -0.4 is 5.56 Å². The Morgan fingerprint density at radius 3 is 2.52 bits per heavy atom. The number of aryl methyl sites for hydroxylation is 2. The minimum Gasteiger partial charge on any atom is -0.329 e. The van der Waals surface area contributed by atoms with Crippen molar-refractivity contribution in [2.24, 2.45) is 0 Å². The summed E-state index contributed by atoms with van der Waals surface area (Å²) in [5.74, 6) is 0. The molecule has 122 valence electrons. The minimum absolute atomic E-state index is 0.139. The SMILES string of the molecule is Cc1ccc(S(=O)(=O)N2CCCC2c2c[nH]c(=O)c(C)c2)cc1. The van der Waals surface area contributed by atoms with Crippen molar-refractivity contribution >= 4 is 10.0 Å². The highest BCUT2D eigenvalue weighted by Crippen LogP contribution is 2.36. The van der Waals surface area contributed by atoms with E-state index in [0.717, 1.165) is 24.0 Å². The number of pyridine rings is 1. The van der Waals surface area contributed by atoms with Crippen LogP contribution in [0.1, 0.15) is 35.6 Å². The molecule has 0 amide bonds. The Balaban J connectivity index is 1.99. The van der Waals surface area contributed by atoms with Crippen LogP contribution in [0.25, 0.3) is 0 Å². The molecule has 0 radical (unpaired) electrons. The molecule has 1 aliphatic heterocycles. The van der Waals surface area contributed by atoms with Gasteiger partial charge in [-0.25, -0.2) is 8.42 Å². The van der Waals surface area contributed by atoms with Crippen molar-refractivity contribution in [3.63, 3.8) is 0 Å². The average molecular weight is 332 g/mol. The third-order valence-electron chi connectivity index (χ3n) is 4.33. The molecule has 1 unspecified atom stereocenters. The maximum atomic E-state index is 12.9. The van der Waals surface area contributed by atoms with Gasteiger partial charge in [0.1, 0.15) is 0 Å². The van der Waals surface area contributed by atoms with Crippen LogP contribution >= 0.6 is 0 Å². The van der Waals surface area contributed by atoms with Crippen molar-refractivity contribution in [1.29, 1.82) is 0 Å². The quantitative estimate of drug-likeness (QED) is 0.939. The number of nitrogens with zero attached hydrogens (tertiary/aromatic N) is 1. The van der Waals surface area contributed by atoms with Gasteiger partial charge in [0.25, 0.3) is 5.56 Å². The van der Waals surface area contributed by atoms with Gasteiger partial charge in [-0.2, -0.15) is 4.31 Å². The standard InChI is InChI=1S/C17H20N2O3S/c1-12-5-7-15(8-6-12)23(21,22)19-9-3-4-16(19)14-10-13(2)17(20)18-11-14/h5-8,10-11,16H,3-4,9H2,1-2H3,(H,18,20). The fourth-order valence-corrected chi connectivity index (χ4v) is 4.70. The van der Waals surface area contributed by atoms with Crippen LogP contribution in [0.3, 0.4) is 0 Å². The van der Waals surface area contributed by atoms with E-state index in [0.29, 0.717) is 17.0 Å². The largest absolute Gasteiger partial charge is 0.329 e. The minimum atomic E-state index is -3.53. The third kappa shape index (κ3) is 2.96. The van der Waals surface area contributed by atoms with Crippen molar-refractivity contribution in [2.75, 3.05) is 6.54 Å². The van der Waals surface area contributed by atoms with E-state index in [1.807, 2.05) is 19.1 Å². The van der Waals surface area contributed by atoms with Crippen LogP contribution in [0.4, 0.5) is 0 Å². The molecule has 3 rings (SSSR count). The summed E-state index contributed by atoms with van der Waals surface area (Å²) in [7, 11) is -3.53. The van der Waals surface area contributed by atoms with Gasteiger partial charge in [-0.1, -0.05) is 17.7 Å². The molecule has 0 aliphatic carbocycles. The Hall–Kier alpha value is -1.92. The Morgan fingerprint density at radius 1 is 1.17 bits per heavy atom. The lowest BCUT2D eigenvalue weighted by Gasteiger charge is -2.24. The molecule has 1 fully saturated rings. The number of aromatic nitrogens is 1. The highest BCUT2D eigenvalue weighted by atomic mass is 32.2. The van der Waals surface area contributed by atoms with Gasteiger partial charge in [-0.3, -0.25) is 4.79 Å². The van der Waals surface area contributed by atoms with E-state index in [1.165, 1.54) is 0 Å². The molecule has 0 saturated carbocycles. The second-order valence-electron chi connectivity index (χ2n) is 6.03. The number of hydrogen-bond acceptors (Lipinski definition) is 3. The number of benzene rings is 1. The lowest BCUT2D eigenvalue weighted by atomic mass is 10.1. The first kappa shape index (κ1) is 16.0. The first-order valence-electron chi connectivity index (χ1n) is 7.67. The van der Waals surface area contributed by atoms with E-state index < -0.39 is 10.0 Å². The second kappa shape index (κ2) is 5.94. The second-order valence-corrected chi connectivity index (χ2v) is 7.92. The summed E-state index contributed by atoms with van der Waals surface area (Å²) in [5.41, 5.74) is 2.33. The summed E-state index contributed by atoms with van der Waals surface area (Å²) >= 11 is 0. The van der Waals surface area contributed by atoms with Gasteiger partial charge in [0.05, 0.1) is 10.9 Å². The fraction of sp³-hybridized carbons (Fsp3) is 0.353. The maximum Gasteiger partial charge on any atom is 0.250 e.